The van der Waals surface area contributed by atoms with Crippen LogP contribution in [0.25, 0.3) is 0 Å². The van der Waals surface area contributed by atoms with Crippen LogP contribution in [0.3, 0.4) is 0 Å². The molecular formula is C36H50ClN3O10S. The van der Waals surface area contributed by atoms with E-state index in [1.807, 2.05) is 19.3 Å². The minimum atomic E-state index is -1.83. The van der Waals surface area contributed by atoms with E-state index < -0.39 is 65.7 Å². The fourth-order valence-electron chi connectivity index (χ4n) is 6.64. The van der Waals surface area contributed by atoms with Gasteiger partial charge in [0.05, 0.1) is 29.8 Å². The minimum absolute atomic E-state index is 0.0538. The number of amides is 3. The number of ether oxygens (including phenoxy) is 4. The van der Waals surface area contributed by atoms with Gasteiger partial charge in [0.25, 0.3) is 0 Å². The van der Waals surface area contributed by atoms with Crippen LogP contribution in [0.2, 0.25) is 5.02 Å². The second-order valence-electron chi connectivity index (χ2n) is 13.8. The number of fused-ring (bicyclic) bond motifs is 5. The number of nitrogens with zero attached hydrogens (tertiary/aromatic N) is 2. The van der Waals surface area contributed by atoms with E-state index in [9.17, 15) is 29.4 Å². The highest BCUT2D eigenvalue weighted by atomic mass is 35.5. The number of thioether (sulfide) groups is 1. The number of rotatable bonds is 8. The van der Waals surface area contributed by atoms with E-state index >= 15 is 0 Å². The number of anilines is 1. The van der Waals surface area contributed by atoms with Crippen molar-refractivity contribution < 1.29 is 48.3 Å². The predicted molar refractivity (Wildman–Crippen MR) is 193 cm³/mol. The average molecular weight is 752 g/mol. The minimum Gasteiger partial charge on any atom is -0.457 e. The Morgan fingerprint density at radius 3 is 2.65 bits per heavy atom. The van der Waals surface area contributed by atoms with Crippen molar-refractivity contribution in [1.82, 2.24) is 10.2 Å². The van der Waals surface area contributed by atoms with Crippen LogP contribution in [0.5, 0.6) is 0 Å². The number of esters is 1. The van der Waals surface area contributed by atoms with Crippen LogP contribution in [0.4, 0.5) is 10.5 Å². The van der Waals surface area contributed by atoms with Crippen LogP contribution in [0.1, 0.15) is 58.1 Å². The van der Waals surface area contributed by atoms with Gasteiger partial charge in [0.2, 0.25) is 11.8 Å². The van der Waals surface area contributed by atoms with Gasteiger partial charge in [0.1, 0.15) is 30.0 Å². The number of allylic oxidation sites excluding steroid dienone is 3. The zero-order valence-electron chi connectivity index (χ0n) is 30.4. The van der Waals surface area contributed by atoms with E-state index in [0.29, 0.717) is 23.4 Å². The number of hydrogen-bond donors (Lipinski definition) is 3. The largest absolute Gasteiger partial charge is 0.457 e. The molecule has 13 nitrogen and oxygen atoms in total. The summed E-state index contributed by atoms with van der Waals surface area (Å²) in [7, 11) is 4.51. The predicted octanol–water partition coefficient (Wildman–Crippen LogP) is 3.75. The Bertz CT molecular complexity index is 1560. The van der Waals surface area contributed by atoms with Crippen LogP contribution in [-0.2, 0) is 46.4 Å². The Kier molecular flexibility index (Phi) is 13.3. The summed E-state index contributed by atoms with van der Waals surface area (Å²) in [5, 5.41) is 24.5. The van der Waals surface area contributed by atoms with E-state index in [-0.39, 0.29) is 36.8 Å². The number of benzene rings is 1. The molecule has 0 aliphatic carbocycles. The number of likely N-dealkylation sites (N-methyl/N-ethyl adjacent to an activating group) is 1. The van der Waals surface area contributed by atoms with Crippen molar-refractivity contribution in [2.75, 3.05) is 38.1 Å². The summed E-state index contributed by atoms with van der Waals surface area (Å²) < 4.78 is 23.5. The first-order valence-corrected chi connectivity index (χ1v) is 18.7. The van der Waals surface area contributed by atoms with Crippen LogP contribution in [-0.4, -0.2) is 114 Å². The van der Waals surface area contributed by atoms with Crippen molar-refractivity contribution in [3.63, 3.8) is 0 Å². The maximum absolute atomic E-state index is 14.1. The molecule has 15 heteroatoms. The number of aliphatic hydroxyl groups is 2. The molecule has 8 atom stereocenters. The Morgan fingerprint density at radius 2 is 2.00 bits per heavy atom. The fraction of sp³-hybridized carbons (Fsp3) is 0.611. The smallest absolute Gasteiger partial charge is 0.409 e. The number of halogens is 1. The van der Waals surface area contributed by atoms with Crippen molar-refractivity contribution in [3.05, 3.63) is 52.1 Å². The molecule has 0 radical (unpaired) electrons. The van der Waals surface area contributed by atoms with Crippen LogP contribution in [0.15, 0.2) is 35.9 Å². The summed E-state index contributed by atoms with van der Waals surface area (Å²) in [6, 6.07) is 2.57. The van der Waals surface area contributed by atoms with E-state index in [4.69, 9.17) is 30.5 Å². The molecule has 3 heterocycles. The van der Waals surface area contributed by atoms with Gasteiger partial charge >= 0.3 is 12.1 Å². The molecular weight excluding hydrogens is 702 g/mol. The van der Waals surface area contributed by atoms with E-state index in [2.05, 4.69) is 5.32 Å². The molecule has 3 aliphatic heterocycles. The molecule has 0 spiro atoms. The number of aliphatic hydroxyl groups excluding tert-OH is 1. The van der Waals surface area contributed by atoms with Crippen molar-refractivity contribution in [2.45, 2.75) is 102 Å². The fourth-order valence-corrected chi connectivity index (χ4v) is 7.32. The summed E-state index contributed by atoms with van der Waals surface area (Å²) in [4.78, 5) is 55.9. The summed E-state index contributed by atoms with van der Waals surface area (Å²) in [6.07, 6.45) is 2.97. The van der Waals surface area contributed by atoms with Gasteiger partial charge in [0, 0.05) is 45.7 Å². The van der Waals surface area contributed by atoms with E-state index in [0.717, 1.165) is 11.1 Å². The lowest BCUT2D eigenvalue weighted by Crippen LogP contribution is -2.63. The van der Waals surface area contributed by atoms with Gasteiger partial charge < -0.3 is 39.0 Å². The van der Waals surface area contributed by atoms with Gasteiger partial charge in [-0.05, 0) is 50.6 Å². The first kappa shape index (κ1) is 40.6. The van der Waals surface area contributed by atoms with Crippen LogP contribution < -0.4 is 10.2 Å². The Hall–Kier alpha value is -3.14. The number of epoxide rings is 1. The highest BCUT2D eigenvalue weighted by Crippen LogP contribution is 2.49. The molecule has 51 heavy (non-hydrogen) atoms. The molecule has 1 aromatic carbocycles. The highest BCUT2D eigenvalue weighted by molar-refractivity contribution is 7.98. The second kappa shape index (κ2) is 16.7. The first-order valence-electron chi connectivity index (χ1n) is 16.9. The lowest BCUT2D eigenvalue weighted by molar-refractivity contribution is -0.162. The lowest BCUT2D eigenvalue weighted by Gasteiger charge is -2.42. The normalized spacial score (nSPS) is 32.0. The third-order valence-electron chi connectivity index (χ3n) is 10.1. The Labute approximate surface area is 308 Å². The molecule has 3 amide bonds. The number of carbonyl (C=O) groups excluding carboxylic acids is 4. The Morgan fingerprint density at radius 1 is 1.29 bits per heavy atom. The van der Waals surface area contributed by atoms with Gasteiger partial charge in [0.15, 0.2) is 5.72 Å². The molecule has 3 N–H and O–H groups in total. The summed E-state index contributed by atoms with van der Waals surface area (Å²) in [6.45, 7) is 6.60. The van der Waals surface area contributed by atoms with E-state index in [1.165, 1.54) is 35.7 Å². The number of nitrogens with one attached hydrogen (secondary N) is 1. The molecule has 4 rings (SSSR count). The molecule has 4 bridgehead atoms. The van der Waals surface area contributed by atoms with Crippen molar-refractivity contribution in [3.8, 4) is 0 Å². The zero-order chi connectivity index (χ0) is 37.8. The van der Waals surface area contributed by atoms with Crippen molar-refractivity contribution >= 4 is 52.9 Å². The molecule has 282 valence electrons. The second-order valence-corrected chi connectivity index (χ2v) is 15.1. The highest BCUT2D eigenvalue weighted by Gasteiger charge is 2.64. The standard InChI is InChI=1S/C36H50ClN3O10S/c1-20-10-9-11-27(47-7)36(46)18-26(48-34(45)38-36)21(2)32-35(4,50-32)28(49-33(44)22(3)39(5)29(42)12-13-51-8)17-30(43)40(6)25-16-23(14-20)15-24(19-41)31(25)37/h9-11,15-16,21-22,26-28,32,41,46H,12-14,17-19H2,1-8H3,(H,38,45)/b11-9+,20-10+/t21-,22?,26?,27-,28+,32?,35?,36?/m1/s1. The van der Waals surface area contributed by atoms with Gasteiger partial charge in [-0.15, -0.1) is 0 Å². The molecule has 5 unspecified atom stereocenters. The third-order valence-corrected chi connectivity index (χ3v) is 11.2. The van der Waals surface area contributed by atoms with Gasteiger partial charge in [-0.3, -0.25) is 14.9 Å². The first-order chi connectivity index (χ1) is 24.0. The van der Waals surface area contributed by atoms with Crippen molar-refractivity contribution in [1.29, 1.82) is 0 Å². The maximum atomic E-state index is 14.1. The number of alkyl carbamates (subject to hydrolysis) is 1. The topological polar surface area (TPSA) is 167 Å². The molecule has 3 aliphatic rings. The number of hydrogen-bond acceptors (Lipinski definition) is 11. The van der Waals surface area contributed by atoms with Gasteiger partial charge in [-0.25, -0.2) is 9.59 Å². The number of methoxy groups -OCH3 is 1. The zero-order valence-corrected chi connectivity index (χ0v) is 32.0. The molecule has 1 aromatic rings. The number of carbonyl (C=O) groups is 4. The van der Waals surface area contributed by atoms with Gasteiger partial charge in [-0.1, -0.05) is 48.4 Å². The quantitative estimate of drug-likeness (QED) is 0.262. The molecule has 0 saturated carbocycles. The lowest BCUT2D eigenvalue weighted by atomic mass is 9.83. The van der Waals surface area contributed by atoms with Crippen LogP contribution in [0, 0.1) is 5.92 Å². The third kappa shape index (κ3) is 9.09. The maximum Gasteiger partial charge on any atom is 0.409 e. The SMILES string of the molecule is CO[C@@H]1/C=C/C=C(\C)Cc2cc(CO)c(Cl)c(c2)N(C)C(=O)C[C@H](OC(=O)C(C)N(C)C(=O)CCSC)C2(C)OC2[C@H](C)C2CC1(O)NC(=O)O2. The summed E-state index contributed by atoms with van der Waals surface area (Å²) in [5.74, 6) is -1.34. The molecule has 2 fully saturated rings. The summed E-state index contributed by atoms with van der Waals surface area (Å²) >= 11 is 8.23. The molecule has 0 aromatic heterocycles. The van der Waals surface area contributed by atoms with E-state index in [1.54, 1.807) is 52.1 Å². The van der Waals surface area contributed by atoms with Crippen molar-refractivity contribution in [2.24, 2.45) is 5.92 Å². The molecule has 2 saturated heterocycles. The monoisotopic (exact) mass is 751 g/mol. The van der Waals surface area contributed by atoms with Gasteiger partial charge in [-0.2, -0.15) is 11.8 Å². The van der Waals surface area contributed by atoms with Crippen LogP contribution >= 0.6 is 23.4 Å². The Balaban J connectivity index is 1.76. The average Bonchev–Trinajstić information content (AvgIpc) is 3.79. The summed E-state index contributed by atoms with van der Waals surface area (Å²) in [5.41, 5.74) is -0.569.